The summed E-state index contributed by atoms with van der Waals surface area (Å²) in [6.07, 6.45) is 3.05. The fourth-order valence-electron chi connectivity index (χ4n) is 4.62. The van der Waals surface area contributed by atoms with Crippen molar-refractivity contribution in [3.8, 4) is 11.9 Å². The van der Waals surface area contributed by atoms with Gasteiger partial charge >= 0.3 is 0 Å². The first kappa shape index (κ1) is 15.1. The van der Waals surface area contributed by atoms with Crippen LogP contribution in [0.4, 0.5) is 0 Å². The highest BCUT2D eigenvalue weighted by Crippen LogP contribution is 2.56. The third-order valence-electron chi connectivity index (χ3n) is 5.68. The van der Waals surface area contributed by atoms with E-state index in [0.717, 1.165) is 30.0 Å². The summed E-state index contributed by atoms with van der Waals surface area (Å²) in [5.74, 6) is 1.03. The number of hydrogen-bond donors (Lipinski definition) is 1. The summed E-state index contributed by atoms with van der Waals surface area (Å²) < 4.78 is 7.27. The molecule has 0 bridgehead atoms. The van der Waals surface area contributed by atoms with E-state index in [2.05, 4.69) is 26.8 Å². The van der Waals surface area contributed by atoms with Crippen molar-refractivity contribution < 1.29 is 9.84 Å². The number of nitriles is 1. The predicted octanol–water partition coefficient (Wildman–Crippen LogP) is 2.10. The fraction of sp³-hybridized carbons (Fsp3) is 0.647. The minimum atomic E-state index is -0.720. The number of aromatic nitrogens is 2. The second kappa shape index (κ2) is 4.60. The molecule has 3 atom stereocenters. The number of methoxy groups -OCH3 is 1. The molecule has 0 aromatic carbocycles. The van der Waals surface area contributed by atoms with E-state index in [1.54, 1.807) is 11.8 Å². The molecule has 22 heavy (non-hydrogen) atoms. The molecule has 2 aliphatic carbocycles. The Balaban J connectivity index is 2.26. The predicted molar refractivity (Wildman–Crippen MR) is 82.4 cm³/mol. The van der Waals surface area contributed by atoms with E-state index < -0.39 is 6.10 Å². The van der Waals surface area contributed by atoms with Crippen molar-refractivity contribution in [3.63, 3.8) is 0 Å². The Morgan fingerprint density at radius 1 is 1.45 bits per heavy atom. The van der Waals surface area contributed by atoms with Crippen LogP contribution in [0.1, 0.15) is 38.4 Å². The van der Waals surface area contributed by atoms with Crippen LogP contribution in [-0.2, 0) is 18.9 Å². The lowest BCUT2D eigenvalue weighted by molar-refractivity contribution is -0.0103. The number of nitrogens with zero attached hydrogens (tertiary/aromatic N) is 3. The maximum absolute atomic E-state index is 10.6. The fourth-order valence-corrected chi connectivity index (χ4v) is 4.62. The number of rotatable bonds is 1. The maximum Gasteiger partial charge on any atom is 0.214 e. The van der Waals surface area contributed by atoms with Gasteiger partial charge in [-0.3, -0.25) is 0 Å². The van der Waals surface area contributed by atoms with Crippen LogP contribution in [0.5, 0.6) is 5.88 Å². The Morgan fingerprint density at radius 2 is 2.14 bits per heavy atom. The van der Waals surface area contributed by atoms with Crippen LogP contribution in [0.2, 0.25) is 0 Å². The van der Waals surface area contributed by atoms with Gasteiger partial charge in [0.25, 0.3) is 0 Å². The average Bonchev–Trinajstić information content (AvgIpc) is 2.80. The standard InChI is InChI=1S/C17H23N3O2/c1-16(2)12-7-6-11-13(19-20(4)15(11)22-5)17(12,3)8-10(9-18)14(16)21/h8,12,14,21H,6-7H2,1-5H3. The van der Waals surface area contributed by atoms with E-state index in [1.807, 2.05) is 13.1 Å². The third-order valence-corrected chi connectivity index (χ3v) is 5.68. The molecule has 3 rings (SSSR count). The van der Waals surface area contributed by atoms with Crippen LogP contribution in [0.3, 0.4) is 0 Å². The van der Waals surface area contributed by atoms with Gasteiger partial charge in [0.1, 0.15) is 0 Å². The van der Waals surface area contributed by atoms with Gasteiger partial charge in [-0.25, -0.2) is 4.68 Å². The Kier molecular flexibility index (Phi) is 3.16. The summed E-state index contributed by atoms with van der Waals surface area (Å²) in [6, 6.07) is 2.18. The van der Waals surface area contributed by atoms with Gasteiger partial charge < -0.3 is 9.84 Å². The Hall–Kier alpha value is -1.80. The Labute approximate surface area is 131 Å². The molecule has 0 radical (unpaired) electrons. The summed E-state index contributed by atoms with van der Waals surface area (Å²) in [6.45, 7) is 6.24. The molecule has 2 aliphatic rings. The molecule has 3 unspecified atom stereocenters. The summed E-state index contributed by atoms with van der Waals surface area (Å²) >= 11 is 0. The molecule has 0 amide bonds. The molecule has 1 heterocycles. The summed E-state index contributed by atoms with van der Waals surface area (Å²) in [5, 5.41) is 24.7. The van der Waals surface area contributed by atoms with Crippen LogP contribution in [0, 0.1) is 22.7 Å². The lowest BCUT2D eigenvalue weighted by atomic mass is 9.52. The third kappa shape index (κ3) is 1.70. The van der Waals surface area contributed by atoms with Gasteiger partial charge in [0.2, 0.25) is 5.88 Å². The van der Waals surface area contributed by atoms with Crippen molar-refractivity contribution in [2.24, 2.45) is 18.4 Å². The van der Waals surface area contributed by atoms with Gasteiger partial charge in [-0.1, -0.05) is 26.8 Å². The SMILES string of the molecule is COc1c2c(nn1C)C1(C)C=C(C#N)C(O)C(C)(C)C1CC2. The van der Waals surface area contributed by atoms with E-state index in [0.29, 0.717) is 5.57 Å². The van der Waals surface area contributed by atoms with Crippen LogP contribution in [-0.4, -0.2) is 28.1 Å². The monoisotopic (exact) mass is 301 g/mol. The topological polar surface area (TPSA) is 71.1 Å². The molecule has 0 spiro atoms. The number of ether oxygens (including phenoxy) is 1. The normalized spacial score (nSPS) is 32.5. The number of fused-ring (bicyclic) bond motifs is 3. The Bertz CT molecular complexity index is 695. The second-order valence-electron chi connectivity index (χ2n) is 7.27. The lowest BCUT2D eigenvalue weighted by Crippen LogP contribution is -2.52. The Morgan fingerprint density at radius 3 is 2.73 bits per heavy atom. The highest BCUT2D eigenvalue weighted by atomic mass is 16.5. The molecule has 0 aliphatic heterocycles. The van der Waals surface area contributed by atoms with E-state index in [9.17, 15) is 10.4 Å². The molecule has 0 saturated heterocycles. The van der Waals surface area contributed by atoms with Crippen molar-refractivity contribution in [1.82, 2.24) is 9.78 Å². The first-order valence-electron chi connectivity index (χ1n) is 7.68. The van der Waals surface area contributed by atoms with Crippen molar-refractivity contribution in [2.45, 2.75) is 45.1 Å². The zero-order chi connectivity index (χ0) is 16.3. The summed E-state index contributed by atoms with van der Waals surface area (Å²) in [7, 11) is 3.55. The minimum Gasteiger partial charge on any atom is -0.481 e. The quantitative estimate of drug-likeness (QED) is 0.862. The minimum absolute atomic E-state index is 0.235. The molecule has 0 saturated carbocycles. The molecular formula is C17H23N3O2. The van der Waals surface area contributed by atoms with Crippen molar-refractivity contribution in [1.29, 1.82) is 5.26 Å². The van der Waals surface area contributed by atoms with Crippen molar-refractivity contribution in [3.05, 3.63) is 22.9 Å². The molecule has 1 aromatic heterocycles. The lowest BCUT2D eigenvalue weighted by Gasteiger charge is -2.52. The number of aliphatic hydroxyl groups is 1. The summed E-state index contributed by atoms with van der Waals surface area (Å²) in [4.78, 5) is 0. The van der Waals surface area contributed by atoms with Gasteiger partial charge in [-0.15, -0.1) is 0 Å². The van der Waals surface area contributed by atoms with Gasteiger partial charge in [0, 0.05) is 18.0 Å². The van der Waals surface area contributed by atoms with Crippen LogP contribution in [0.25, 0.3) is 0 Å². The van der Waals surface area contributed by atoms with Crippen molar-refractivity contribution >= 4 is 0 Å². The van der Waals surface area contributed by atoms with Gasteiger partial charge in [-0.05, 0) is 24.2 Å². The summed E-state index contributed by atoms with van der Waals surface area (Å²) in [5.41, 5.74) is 1.84. The van der Waals surface area contributed by atoms with E-state index in [1.165, 1.54) is 0 Å². The molecular weight excluding hydrogens is 278 g/mol. The number of aliphatic hydroxyl groups excluding tert-OH is 1. The molecule has 118 valence electrons. The van der Waals surface area contributed by atoms with Crippen LogP contribution < -0.4 is 4.74 Å². The smallest absolute Gasteiger partial charge is 0.214 e. The van der Waals surface area contributed by atoms with E-state index in [4.69, 9.17) is 9.84 Å². The molecule has 1 N–H and O–H groups in total. The van der Waals surface area contributed by atoms with Gasteiger partial charge in [-0.2, -0.15) is 10.4 Å². The van der Waals surface area contributed by atoms with Gasteiger partial charge in [0.05, 0.1) is 30.6 Å². The van der Waals surface area contributed by atoms with Crippen LogP contribution >= 0.6 is 0 Å². The van der Waals surface area contributed by atoms with Crippen molar-refractivity contribution in [2.75, 3.05) is 7.11 Å². The zero-order valence-electron chi connectivity index (χ0n) is 13.8. The largest absolute Gasteiger partial charge is 0.481 e. The molecule has 5 heteroatoms. The maximum atomic E-state index is 10.6. The zero-order valence-corrected chi connectivity index (χ0v) is 13.8. The first-order chi connectivity index (χ1) is 10.3. The molecule has 1 aromatic rings. The highest BCUT2D eigenvalue weighted by molar-refractivity contribution is 5.48. The van der Waals surface area contributed by atoms with E-state index in [-0.39, 0.29) is 16.7 Å². The number of hydrogen-bond acceptors (Lipinski definition) is 4. The highest BCUT2D eigenvalue weighted by Gasteiger charge is 2.55. The molecule has 0 fully saturated rings. The number of allylic oxidation sites excluding steroid dienone is 1. The molecule has 5 nitrogen and oxygen atoms in total. The second-order valence-corrected chi connectivity index (χ2v) is 7.27. The average molecular weight is 301 g/mol. The van der Waals surface area contributed by atoms with Gasteiger partial charge in [0.15, 0.2) is 0 Å². The van der Waals surface area contributed by atoms with E-state index >= 15 is 0 Å². The first-order valence-corrected chi connectivity index (χ1v) is 7.68. The van der Waals surface area contributed by atoms with Crippen LogP contribution in [0.15, 0.2) is 11.6 Å². The number of aryl methyl sites for hydroxylation is 1.